The molecule has 1 atom stereocenters. The number of nitrogens with one attached hydrogen (secondary N) is 2. The van der Waals surface area contributed by atoms with Crippen LogP contribution in [0.3, 0.4) is 0 Å². The molecule has 1 saturated heterocycles. The van der Waals surface area contributed by atoms with Crippen LogP contribution in [0.25, 0.3) is 0 Å². The highest BCUT2D eigenvalue weighted by molar-refractivity contribution is 7.89. The first-order valence-corrected chi connectivity index (χ1v) is 7.30. The number of hydrogen-bond acceptors (Lipinski definition) is 4. The third-order valence-electron chi connectivity index (χ3n) is 2.84. The Morgan fingerprint density at radius 2 is 2.39 bits per heavy atom. The van der Waals surface area contributed by atoms with Gasteiger partial charge in [0.15, 0.2) is 5.03 Å². The second-order valence-corrected chi connectivity index (χ2v) is 5.86. The minimum absolute atomic E-state index is 0.0150. The van der Waals surface area contributed by atoms with Gasteiger partial charge in [-0.3, -0.25) is 4.79 Å². The SMILES string of the molecule is CCn1cnc(S(=O)(=O)NC2CCC(=O)NC2)c1. The summed E-state index contributed by atoms with van der Waals surface area (Å²) in [4.78, 5) is 14.8. The van der Waals surface area contributed by atoms with Crippen LogP contribution in [-0.4, -0.2) is 36.5 Å². The Hall–Kier alpha value is -1.41. The van der Waals surface area contributed by atoms with Gasteiger partial charge in [0, 0.05) is 31.7 Å². The van der Waals surface area contributed by atoms with Gasteiger partial charge in [-0.05, 0) is 13.3 Å². The predicted octanol–water partition coefficient (Wildman–Crippen LogP) is -0.540. The Morgan fingerprint density at radius 1 is 1.61 bits per heavy atom. The number of aryl methyl sites for hydroxylation is 1. The van der Waals surface area contributed by atoms with E-state index < -0.39 is 10.0 Å². The molecule has 100 valence electrons. The molecule has 0 bridgehead atoms. The fraction of sp³-hybridized carbons (Fsp3) is 0.600. The molecule has 0 radical (unpaired) electrons. The first-order valence-electron chi connectivity index (χ1n) is 5.82. The smallest absolute Gasteiger partial charge is 0.259 e. The molecule has 1 aliphatic heterocycles. The average molecular weight is 272 g/mol. The Kier molecular flexibility index (Phi) is 3.67. The lowest BCUT2D eigenvalue weighted by Crippen LogP contribution is -2.47. The van der Waals surface area contributed by atoms with Crippen molar-refractivity contribution in [3.8, 4) is 0 Å². The van der Waals surface area contributed by atoms with Gasteiger partial charge >= 0.3 is 0 Å². The summed E-state index contributed by atoms with van der Waals surface area (Å²) in [5.41, 5.74) is 0. The molecule has 1 amide bonds. The molecule has 1 unspecified atom stereocenters. The van der Waals surface area contributed by atoms with Crippen LogP contribution < -0.4 is 10.0 Å². The van der Waals surface area contributed by atoms with Crippen LogP contribution in [0.15, 0.2) is 17.6 Å². The van der Waals surface area contributed by atoms with Crippen LogP contribution >= 0.6 is 0 Å². The highest BCUT2D eigenvalue weighted by atomic mass is 32.2. The number of imidazole rings is 1. The number of piperidine rings is 1. The molecule has 0 aliphatic carbocycles. The minimum Gasteiger partial charge on any atom is -0.355 e. The molecular weight excluding hydrogens is 256 g/mol. The van der Waals surface area contributed by atoms with Crippen LogP contribution in [0, 0.1) is 0 Å². The molecule has 2 rings (SSSR count). The Labute approximate surface area is 106 Å². The van der Waals surface area contributed by atoms with E-state index in [1.54, 1.807) is 4.57 Å². The first-order chi connectivity index (χ1) is 8.51. The molecule has 1 aliphatic rings. The fourth-order valence-corrected chi connectivity index (χ4v) is 2.99. The van der Waals surface area contributed by atoms with E-state index in [-0.39, 0.29) is 17.0 Å². The van der Waals surface area contributed by atoms with Crippen molar-refractivity contribution in [3.05, 3.63) is 12.5 Å². The van der Waals surface area contributed by atoms with Crippen molar-refractivity contribution in [3.63, 3.8) is 0 Å². The third kappa shape index (κ3) is 2.88. The number of aromatic nitrogens is 2. The summed E-state index contributed by atoms with van der Waals surface area (Å²) in [7, 11) is -3.60. The zero-order valence-electron chi connectivity index (χ0n) is 10.1. The minimum atomic E-state index is -3.60. The van der Waals surface area contributed by atoms with E-state index in [1.807, 2.05) is 6.92 Å². The van der Waals surface area contributed by atoms with Gasteiger partial charge in [-0.1, -0.05) is 0 Å². The van der Waals surface area contributed by atoms with Crippen molar-refractivity contribution in [1.29, 1.82) is 0 Å². The molecule has 0 saturated carbocycles. The molecule has 1 aromatic rings. The Morgan fingerprint density at radius 3 is 2.94 bits per heavy atom. The summed E-state index contributed by atoms with van der Waals surface area (Å²) in [6.07, 6.45) is 3.83. The van der Waals surface area contributed by atoms with Gasteiger partial charge in [-0.2, -0.15) is 0 Å². The monoisotopic (exact) mass is 272 g/mol. The first kappa shape index (κ1) is 13.0. The standard InChI is InChI=1S/C10H16N4O3S/c1-2-14-6-10(12-7-14)18(16,17)13-8-3-4-9(15)11-5-8/h6-8,13H,2-5H2,1H3,(H,11,15). The lowest BCUT2D eigenvalue weighted by molar-refractivity contribution is -0.122. The highest BCUT2D eigenvalue weighted by Gasteiger charge is 2.25. The summed E-state index contributed by atoms with van der Waals surface area (Å²) in [6, 6.07) is -0.264. The van der Waals surface area contributed by atoms with E-state index >= 15 is 0 Å². The zero-order chi connectivity index (χ0) is 13.2. The van der Waals surface area contributed by atoms with Crippen LogP contribution in [-0.2, 0) is 21.4 Å². The second kappa shape index (κ2) is 5.07. The van der Waals surface area contributed by atoms with Gasteiger partial charge in [0.2, 0.25) is 5.91 Å². The zero-order valence-corrected chi connectivity index (χ0v) is 10.9. The molecule has 2 N–H and O–H groups in total. The fourth-order valence-electron chi connectivity index (χ4n) is 1.76. The van der Waals surface area contributed by atoms with Crippen molar-refractivity contribution < 1.29 is 13.2 Å². The largest absolute Gasteiger partial charge is 0.355 e. The summed E-state index contributed by atoms with van der Waals surface area (Å²) in [5.74, 6) is -0.0410. The maximum atomic E-state index is 12.0. The van der Waals surface area contributed by atoms with E-state index in [1.165, 1.54) is 12.5 Å². The number of rotatable bonds is 4. The normalized spacial score (nSPS) is 20.7. The lowest BCUT2D eigenvalue weighted by Gasteiger charge is -2.22. The molecule has 2 heterocycles. The number of carbonyl (C=O) groups excluding carboxylic acids is 1. The number of carbonyl (C=O) groups is 1. The van der Waals surface area contributed by atoms with E-state index in [2.05, 4.69) is 15.0 Å². The van der Waals surface area contributed by atoms with E-state index in [4.69, 9.17) is 0 Å². The molecule has 1 fully saturated rings. The van der Waals surface area contributed by atoms with Crippen LogP contribution in [0.5, 0.6) is 0 Å². The summed E-state index contributed by atoms with van der Waals surface area (Å²) in [6.45, 7) is 2.90. The lowest BCUT2D eigenvalue weighted by atomic mass is 10.1. The summed E-state index contributed by atoms with van der Waals surface area (Å²) >= 11 is 0. The highest BCUT2D eigenvalue weighted by Crippen LogP contribution is 2.09. The van der Waals surface area contributed by atoms with Gasteiger partial charge in [-0.25, -0.2) is 18.1 Å². The van der Waals surface area contributed by atoms with E-state index in [0.29, 0.717) is 25.9 Å². The van der Waals surface area contributed by atoms with Crippen LogP contribution in [0.2, 0.25) is 0 Å². The number of amides is 1. The van der Waals surface area contributed by atoms with Crippen LogP contribution in [0.4, 0.5) is 0 Å². The van der Waals surface area contributed by atoms with Gasteiger partial charge < -0.3 is 9.88 Å². The average Bonchev–Trinajstić information content (AvgIpc) is 2.81. The molecular formula is C10H16N4O3S. The van der Waals surface area contributed by atoms with Crippen molar-refractivity contribution >= 4 is 15.9 Å². The number of hydrogen-bond donors (Lipinski definition) is 2. The topological polar surface area (TPSA) is 93.1 Å². The van der Waals surface area contributed by atoms with Crippen molar-refractivity contribution in [1.82, 2.24) is 19.6 Å². The van der Waals surface area contributed by atoms with Gasteiger partial charge in [-0.15, -0.1) is 0 Å². The number of sulfonamides is 1. The van der Waals surface area contributed by atoms with E-state index in [9.17, 15) is 13.2 Å². The van der Waals surface area contributed by atoms with Crippen molar-refractivity contribution in [2.24, 2.45) is 0 Å². The van der Waals surface area contributed by atoms with Gasteiger partial charge in [0.25, 0.3) is 10.0 Å². The van der Waals surface area contributed by atoms with Gasteiger partial charge in [0.05, 0.1) is 6.33 Å². The van der Waals surface area contributed by atoms with Crippen molar-refractivity contribution in [2.45, 2.75) is 37.4 Å². The van der Waals surface area contributed by atoms with Crippen LogP contribution in [0.1, 0.15) is 19.8 Å². The molecule has 0 spiro atoms. The maximum absolute atomic E-state index is 12.0. The molecule has 0 aromatic carbocycles. The quantitative estimate of drug-likeness (QED) is 0.770. The predicted molar refractivity (Wildman–Crippen MR) is 64.3 cm³/mol. The third-order valence-corrected chi connectivity index (χ3v) is 4.24. The molecule has 7 nitrogen and oxygen atoms in total. The summed E-state index contributed by atoms with van der Waals surface area (Å²) < 4.78 is 28.3. The van der Waals surface area contributed by atoms with E-state index in [0.717, 1.165) is 0 Å². The molecule has 1 aromatic heterocycles. The second-order valence-electron chi connectivity index (χ2n) is 4.20. The van der Waals surface area contributed by atoms with Crippen molar-refractivity contribution in [2.75, 3.05) is 6.54 Å². The maximum Gasteiger partial charge on any atom is 0.259 e. The molecule has 18 heavy (non-hydrogen) atoms. The Bertz CT molecular complexity index is 527. The number of nitrogens with zero attached hydrogens (tertiary/aromatic N) is 2. The summed E-state index contributed by atoms with van der Waals surface area (Å²) in [5, 5.41) is 2.65. The van der Waals surface area contributed by atoms with Gasteiger partial charge in [0.1, 0.15) is 0 Å². The molecule has 8 heteroatoms. The Balaban J connectivity index is 2.05.